The van der Waals surface area contributed by atoms with E-state index in [1.54, 1.807) is 0 Å². The molecular formula is C8H6F3KO2S. The average Bonchev–Trinajstić information content (AvgIpc) is 2.67. The Hall–Kier alpha value is 0.466. The van der Waals surface area contributed by atoms with E-state index in [1.807, 2.05) is 0 Å². The maximum absolute atomic E-state index is 12.8. The van der Waals surface area contributed by atoms with Crippen molar-refractivity contribution in [1.29, 1.82) is 0 Å². The number of alkyl halides is 3. The van der Waals surface area contributed by atoms with E-state index in [4.69, 9.17) is 0 Å². The van der Waals surface area contributed by atoms with Crippen LogP contribution in [0.4, 0.5) is 13.2 Å². The number of Topliss-reactive ketones (excluding diaryl/α,β-unsaturated/α-hetero) is 2. The van der Waals surface area contributed by atoms with Gasteiger partial charge in [-0.2, -0.15) is 0 Å². The van der Waals surface area contributed by atoms with E-state index in [1.165, 1.54) is 17.5 Å². The summed E-state index contributed by atoms with van der Waals surface area (Å²) in [5, 5.41) is 1.49. The Morgan fingerprint density at radius 1 is 1.27 bits per heavy atom. The molecule has 0 aliphatic carbocycles. The Bertz CT molecular complexity index is 340. The van der Waals surface area contributed by atoms with Crippen LogP contribution in [0.15, 0.2) is 17.5 Å². The molecule has 0 amide bonds. The van der Waals surface area contributed by atoms with Crippen molar-refractivity contribution < 1.29 is 22.8 Å². The van der Waals surface area contributed by atoms with Gasteiger partial charge in [0.05, 0.1) is 4.88 Å². The molecule has 0 aromatic carbocycles. The summed E-state index contributed by atoms with van der Waals surface area (Å²) >= 11 is 0.902. The number of ketones is 2. The molecule has 1 rings (SSSR count). The number of carbonyl (C=O) groups excluding carboxylic acids is 2. The van der Waals surface area contributed by atoms with Crippen LogP contribution in [-0.4, -0.2) is 75.5 Å². The van der Waals surface area contributed by atoms with Crippen molar-refractivity contribution in [3.8, 4) is 0 Å². The quantitative estimate of drug-likeness (QED) is 0.467. The molecular weight excluding hydrogens is 256 g/mol. The minimum absolute atomic E-state index is 0. The third kappa shape index (κ3) is 4.08. The summed E-state index contributed by atoms with van der Waals surface area (Å²) in [5.74, 6) is -3.19. The Kier molecular flexibility index (Phi) is 7.14. The monoisotopic (exact) mass is 262 g/mol. The van der Waals surface area contributed by atoms with Crippen molar-refractivity contribution in [3.63, 3.8) is 0 Å². The van der Waals surface area contributed by atoms with Crippen molar-refractivity contribution >= 4 is 74.3 Å². The van der Waals surface area contributed by atoms with Crippen LogP contribution >= 0.6 is 11.3 Å². The second-order valence-corrected chi connectivity index (χ2v) is 3.35. The topological polar surface area (TPSA) is 34.1 Å². The zero-order valence-corrected chi connectivity index (χ0v) is 7.56. The number of carbonyl (C=O) groups is 2. The molecule has 0 fully saturated rings. The Morgan fingerprint density at radius 2 is 1.87 bits per heavy atom. The van der Waals surface area contributed by atoms with Crippen LogP contribution < -0.4 is 0 Å². The Morgan fingerprint density at radius 3 is 2.27 bits per heavy atom. The van der Waals surface area contributed by atoms with Crippen LogP contribution in [0.25, 0.3) is 0 Å². The molecule has 0 bridgehead atoms. The normalized spacial score (nSPS) is 12.0. The summed E-state index contributed by atoms with van der Waals surface area (Å²) in [4.78, 5) is 21.4. The third-order valence-electron chi connectivity index (χ3n) is 1.46. The Labute approximate surface area is 130 Å². The fraction of sp³-hybridized carbons (Fsp3) is 0.250. The van der Waals surface area contributed by atoms with Gasteiger partial charge in [-0.1, -0.05) is 6.07 Å². The van der Waals surface area contributed by atoms with Crippen LogP contribution in [0, 0.1) is 0 Å². The van der Waals surface area contributed by atoms with Crippen LogP contribution in [0.3, 0.4) is 0 Å². The van der Waals surface area contributed by atoms with Gasteiger partial charge in [-0.05, 0) is 11.4 Å². The van der Waals surface area contributed by atoms with Gasteiger partial charge in [0.1, 0.15) is 0 Å². The number of hydrogen-bond acceptors (Lipinski definition) is 3. The van der Waals surface area contributed by atoms with Crippen molar-refractivity contribution in [1.82, 2.24) is 0 Å². The average molecular weight is 262 g/mol. The number of thiophene rings is 1. The standard InChI is InChI=1S/C8H5F3O2S.K.H/c9-5(7(13)8(10)11)6(12)4-2-1-3-14-4;;/h1-3,5,8H;;. The van der Waals surface area contributed by atoms with E-state index in [-0.39, 0.29) is 56.3 Å². The molecule has 1 unspecified atom stereocenters. The molecule has 1 heterocycles. The molecule has 1 aromatic heterocycles. The first-order valence-corrected chi connectivity index (χ1v) is 4.45. The van der Waals surface area contributed by atoms with Gasteiger partial charge >= 0.3 is 51.4 Å². The molecule has 0 saturated carbocycles. The second-order valence-electron chi connectivity index (χ2n) is 2.41. The van der Waals surface area contributed by atoms with Gasteiger partial charge in [0.2, 0.25) is 17.7 Å². The zero-order valence-electron chi connectivity index (χ0n) is 6.75. The summed E-state index contributed by atoms with van der Waals surface area (Å²) in [6.07, 6.45) is -6.21. The van der Waals surface area contributed by atoms with Gasteiger partial charge in [0, 0.05) is 0 Å². The zero-order chi connectivity index (χ0) is 10.7. The van der Waals surface area contributed by atoms with Crippen molar-refractivity contribution in [2.24, 2.45) is 0 Å². The fourth-order valence-electron chi connectivity index (χ4n) is 0.783. The Balaban J connectivity index is 0.00000196. The molecule has 0 aliphatic heterocycles. The molecule has 0 aliphatic rings. The first-order chi connectivity index (χ1) is 6.54. The van der Waals surface area contributed by atoms with E-state index in [0.717, 1.165) is 11.3 Å². The molecule has 78 valence electrons. The van der Waals surface area contributed by atoms with Crippen molar-refractivity contribution in [2.75, 3.05) is 0 Å². The van der Waals surface area contributed by atoms with E-state index in [2.05, 4.69) is 0 Å². The predicted molar refractivity (Wildman–Crippen MR) is 51.7 cm³/mol. The van der Waals surface area contributed by atoms with Crippen LogP contribution in [0.1, 0.15) is 9.67 Å². The molecule has 1 aromatic rings. The van der Waals surface area contributed by atoms with E-state index >= 15 is 0 Å². The molecule has 0 radical (unpaired) electrons. The summed E-state index contributed by atoms with van der Waals surface area (Å²) in [6.45, 7) is 0. The van der Waals surface area contributed by atoms with Gasteiger partial charge in [-0.25, -0.2) is 13.2 Å². The third-order valence-corrected chi connectivity index (χ3v) is 2.34. The van der Waals surface area contributed by atoms with Gasteiger partial charge < -0.3 is 0 Å². The summed E-state index contributed by atoms with van der Waals surface area (Å²) in [7, 11) is 0. The van der Waals surface area contributed by atoms with Crippen LogP contribution in [0.5, 0.6) is 0 Å². The maximum atomic E-state index is 12.8. The van der Waals surface area contributed by atoms with Gasteiger partial charge in [-0.15, -0.1) is 11.3 Å². The minimum atomic E-state index is -3.45. The summed E-state index contributed by atoms with van der Waals surface area (Å²) < 4.78 is 36.3. The second kappa shape index (κ2) is 6.92. The fourth-order valence-corrected chi connectivity index (χ4v) is 1.46. The molecule has 1 atom stereocenters. The van der Waals surface area contributed by atoms with E-state index in [9.17, 15) is 22.8 Å². The van der Waals surface area contributed by atoms with Crippen LogP contribution in [-0.2, 0) is 4.79 Å². The van der Waals surface area contributed by atoms with Gasteiger partial charge in [0.25, 0.3) is 6.43 Å². The molecule has 0 N–H and O–H groups in total. The first kappa shape index (κ1) is 15.5. The van der Waals surface area contributed by atoms with Gasteiger partial charge in [0.15, 0.2) is 0 Å². The molecule has 2 nitrogen and oxygen atoms in total. The number of rotatable bonds is 4. The molecule has 7 heteroatoms. The van der Waals surface area contributed by atoms with Crippen LogP contribution in [0.2, 0.25) is 0 Å². The van der Waals surface area contributed by atoms with E-state index < -0.39 is 24.2 Å². The van der Waals surface area contributed by atoms with Crippen molar-refractivity contribution in [3.05, 3.63) is 22.4 Å². The van der Waals surface area contributed by atoms with Gasteiger partial charge in [-0.3, -0.25) is 9.59 Å². The summed E-state index contributed by atoms with van der Waals surface area (Å²) in [6, 6.07) is 2.75. The number of hydrogen-bond donors (Lipinski definition) is 0. The predicted octanol–water partition coefficient (Wildman–Crippen LogP) is 1.45. The van der Waals surface area contributed by atoms with Crippen molar-refractivity contribution in [2.45, 2.75) is 12.6 Å². The SMILES string of the molecule is O=C(c1cccs1)C(F)C(=O)C(F)F.[KH]. The molecule has 0 spiro atoms. The summed E-state index contributed by atoms with van der Waals surface area (Å²) in [5.41, 5.74) is 0. The molecule has 15 heavy (non-hydrogen) atoms. The van der Waals surface area contributed by atoms with E-state index in [0.29, 0.717) is 0 Å². The molecule has 0 saturated heterocycles. The number of halogens is 3. The first-order valence-electron chi connectivity index (χ1n) is 3.57.